The molecule has 1 amide bonds. The van der Waals surface area contributed by atoms with Crippen LogP contribution in [0, 0.1) is 6.92 Å². The van der Waals surface area contributed by atoms with Gasteiger partial charge in [0.15, 0.2) is 0 Å². The number of nitrogen functional groups attached to an aromatic ring is 1. The molecule has 0 saturated carbocycles. The molecule has 7 nitrogen and oxygen atoms in total. The third-order valence-corrected chi connectivity index (χ3v) is 3.87. The molecule has 0 radical (unpaired) electrons. The first kappa shape index (κ1) is 12.8. The van der Waals surface area contributed by atoms with Crippen molar-refractivity contribution in [3.63, 3.8) is 0 Å². The lowest BCUT2D eigenvalue weighted by atomic mass is 10.3. The van der Waals surface area contributed by atoms with Crippen molar-refractivity contribution < 1.29 is 4.79 Å². The van der Waals surface area contributed by atoms with Gasteiger partial charge in [-0.15, -0.1) is 0 Å². The first-order valence-electron chi connectivity index (χ1n) is 6.96. The summed E-state index contributed by atoms with van der Waals surface area (Å²) in [6.07, 6.45) is 3.54. The molecule has 7 heteroatoms. The molecule has 0 spiro atoms. The van der Waals surface area contributed by atoms with Crippen LogP contribution in [0.1, 0.15) is 27.4 Å². The summed E-state index contributed by atoms with van der Waals surface area (Å²) in [4.78, 5) is 27.2. The molecule has 0 saturated heterocycles. The Balaban J connectivity index is 1.72. The van der Waals surface area contributed by atoms with Crippen molar-refractivity contribution in [2.75, 3.05) is 5.73 Å². The fraction of sp³-hybridized carbons (Fsp3) is 0.200. The molecule has 1 aliphatic rings. The van der Waals surface area contributed by atoms with E-state index in [4.69, 9.17) is 5.73 Å². The van der Waals surface area contributed by atoms with Gasteiger partial charge in [-0.2, -0.15) is 0 Å². The molecule has 4 rings (SSSR count). The van der Waals surface area contributed by atoms with Crippen LogP contribution in [0.4, 0.5) is 5.95 Å². The third kappa shape index (κ3) is 1.82. The molecule has 2 N–H and O–H groups in total. The van der Waals surface area contributed by atoms with E-state index in [-0.39, 0.29) is 11.9 Å². The van der Waals surface area contributed by atoms with Gasteiger partial charge in [-0.1, -0.05) is 6.07 Å². The molecule has 3 aromatic rings. The van der Waals surface area contributed by atoms with Crippen molar-refractivity contribution in [3.05, 3.63) is 53.2 Å². The van der Waals surface area contributed by atoms with E-state index in [2.05, 4.69) is 15.0 Å². The van der Waals surface area contributed by atoms with Gasteiger partial charge in [0.1, 0.15) is 11.3 Å². The summed E-state index contributed by atoms with van der Waals surface area (Å²) in [5.41, 5.74) is 9.43. The van der Waals surface area contributed by atoms with Crippen molar-refractivity contribution in [1.82, 2.24) is 24.3 Å². The van der Waals surface area contributed by atoms with Crippen LogP contribution in [0.5, 0.6) is 0 Å². The molecule has 0 aliphatic carbocycles. The smallest absolute Gasteiger partial charge is 0.273 e. The summed E-state index contributed by atoms with van der Waals surface area (Å²) in [6, 6.07) is 5.67. The Bertz CT molecular complexity index is 900. The highest BCUT2D eigenvalue weighted by atomic mass is 16.2. The zero-order valence-corrected chi connectivity index (χ0v) is 12.0. The number of hydrogen-bond acceptors (Lipinski definition) is 5. The summed E-state index contributed by atoms with van der Waals surface area (Å²) < 4.78 is 1.82. The summed E-state index contributed by atoms with van der Waals surface area (Å²) in [5, 5.41) is 0. The van der Waals surface area contributed by atoms with Gasteiger partial charge in [0.05, 0.1) is 17.9 Å². The lowest BCUT2D eigenvalue weighted by Gasteiger charge is -2.15. The number of pyridine rings is 1. The van der Waals surface area contributed by atoms with Crippen molar-refractivity contribution >= 4 is 17.5 Å². The molecule has 0 fully saturated rings. The predicted octanol–water partition coefficient (Wildman–Crippen LogP) is 1.17. The van der Waals surface area contributed by atoms with E-state index < -0.39 is 0 Å². The predicted molar refractivity (Wildman–Crippen MR) is 80.0 cm³/mol. The number of hydrogen-bond donors (Lipinski definition) is 1. The lowest BCUT2D eigenvalue weighted by Crippen LogP contribution is -2.27. The quantitative estimate of drug-likeness (QED) is 0.727. The maximum absolute atomic E-state index is 12.9. The average molecular weight is 294 g/mol. The molecular weight excluding hydrogens is 280 g/mol. The Hall–Kier alpha value is -2.96. The van der Waals surface area contributed by atoms with Crippen molar-refractivity contribution in [2.45, 2.75) is 20.0 Å². The molecular formula is C15H14N6O. The Morgan fingerprint density at radius 2 is 2.14 bits per heavy atom. The summed E-state index contributed by atoms with van der Waals surface area (Å²) >= 11 is 0. The second-order valence-electron chi connectivity index (χ2n) is 5.34. The van der Waals surface area contributed by atoms with Crippen LogP contribution >= 0.6 is 0 Å². The number of anilines is 1. The minimum Gasteiger partial charge on any atom is -0.368 e. The van der Waals surface area contributed by atoms with Gasteiger partial charge in [0.25, 0.3) is 5.91 Å². The maximum Gasteiger partial charge on any atom is 0.273 e. The SMILES string of the molecule is Cc1nc2ccccn2c1C(=O)N1Cc2cnc(N)nc2C1. The van der Waals surface area contributed by atoms with Crippen LogP contribution < -0.4 is 5.73 Å². The van der Waals surface area contributed by atoms with Gasteiger partial charge in [-0.05, 0) is 19.1 Å². The van der Waals surface area contributed by atoms with Gasteiger partial charge in [0.2, 0.25) is 5.95 Å². The molecule has 22 heavy (non-hydrogen) atoms. The Morgan fingerprint density at radius 1 is 1.27 bits per heavy atom. The van der Waals surface area contributed by atoms with Gasteiger partial charge in [0, 0.05) is 24.5 Å². The fourth-order valence-electron chi connectivity index (χ4n) is 2.83. The zero-order chi connectivity index (χ0) is 15.3. The first-order valence-corrected chi connectivity index (χ1v) is 6.96. The molecule has 1 aliphatic heterocycles. The third-order valence-electron chi connectivity index (χ3n) is 3.87. The number of amides is 1. The number of carbonyl (C=O) groups is 1. The Labute approximate surface area is 126 Å². The number of nitrogens with zero attached hydrogens (tertiary/aromatic N) is 5. The van der Waals surface area contributed by atoms with Crippen LogP contribution in [0.3, 0.4) is 0 Å². The van der Waals surface area contributed by atoms with Crippen molar-refractivity contribution in [1.29, 1.82) is 0 Å². The molecule has 0 bridgehead atoms. The van der Waals surface area contributed by atoms with E-state index in [0.717, 1.165) is 22.6 Å². The highest BCUT2D eigenvalue weighted by Gasteiger charge is 2.29. The van der Waals surface area contributed by atoms with Gasteiger partial charge in [-0.3, -0.25) is 9.20 Å². The summed E-state index contributed by atoms with van der Waals surface area (Å²) in [5.74, 6) is 0.173. The second-order valence-corrected chi connectivity index (χ2v) is 5.34. The van der Waals surface area contributed by atoms with Crippen LogP contribution in [-0.2, 0) is 13.1 Å². The second kappa shape index (κ2) is 4.52. The lowest BCUT2D eigenvalue weighted by molar-refractivity contribution is 0.0742. The standard InChI is InChI=1S/C15H14N6O/c1-9-13(21-5-3-2-4-12(21)18-9)14(22)20-7-10-6-17-15(16)19-11(10)8-20/h2-6H,7-8H2,1H3,(H2,16,17,19). The molecule has 0 unspecified atom stereocenters. The van der Waals surface area contributed by atoms with Crippen molar-refractivity contribution in [3.8, 4) is 0 Å². The molecule has 0 atom stereocenters. The average Bonchev–Trinajstić information content (AvgIpc) is 3.06. The van der Waals surface area contributed by atoms with E-state index in [1.165, 1.54) is 0 Å². The van der Waals surface area contributed by atoms with E-state index in [1.54, 1.807) is 11.1 Å². The van der Waals surface area contributed by atoms with Crippen molar-refractivity contribution in [2.24, 2.45) is 0 Å². The number of carbonyl (C=O) groups excluding carboxylic acids is 1. The molecule has 0 aromatic carbocycles. The number of rotatable bonds is 1. The molecule has 4 heterocycles. The van der Waals surface area contributed by atoms with Gasteiger partial charge >= 0.3 is 0 Å². The topological polar surface area (TPSA) is 89.4 Å². The summed E-state index contributed by atoms with van der Waals surface area (Å²) in [7, 11) is 0. The minimum absolute atomic E-state index is 0.0622. The number of imidazole rings is 1. The number of aromatic nitrogens is 4. The van der Waals surface area contributed by atoms with Crippen LogP contribution in [0.15, 0.2) is 30.6 Å². The summed E-state index contributed by atoms with van der Waals surface area (Å²) in [6.45, 7) is 2.79. The fourth-order valence-corrected chi connectivity index (χ4v) is 2.83. The van der Waals surface area contributed by atoms with E-state index in [0.29, 0.717) is 18.8 Å². The first-order chi connectivity index (χ1) is 10.6. The number of nitrogens with two attached hydrogens (primary N) is 1. The molecule has 110 valence electrons. The monoisotopic (exact) mass is 294 g/mol. The Morgan fingerprint density at radius 3 is 3.00 bits per heavy atom. The van der Waals surface area contributed by atoms with Gasteiger partial charge in [-0.25, -0.2) is 15.0 Å². The van der Waals surface area contributed by atoms with Crippen LogP contribution in [0.2, 0.25) is 0 Å². The largest absolute Gasteiger partial charge is 0.368 e. The van der Waals surface area contributed by atoms with Crippen LogP contribution in [-0.4, -0.2) is 30.2 Å². The van der Waals surface area contributed by atoms with Gasteiger partial charge < -0.3 is 10.6 Å². The van der Waals surface area contributed by atoms with Crippen LogP contribution in [0.25, 0.3) is 5.65 Å². The number of aryl methyl sites for hydroxylation is 1. The van der Waals surface area contributed by atoms with E-state index in [1.807, 2.05) is 35.7 Å². The minimum atomic E-state index is -0.0622. The zero-order valence-electron chi connectivity index (χ0n) is 12.0. The number of fused-ring (bicyclic) bond motifs is 2. The van der Waals surface area contributed by atoms with E-state index >= 15 is 0 Å². The molecule has 3 aromatic heterocycles. The maximum atomic E-state index is 12.9. The van der Waals surface area contributed by atoms with E-state index in [9.17, 15) is 4.79 Å². The highest BCUT2D eigenvalue weighted by molar-refractivity contribution is 5.95. The highest BCUT2D eigenvalue weighted by Crippen LogP contribution is 2.24. The Kier molecular flexibility index (Phi) is 2.62. The normalized spacial score (nSPS) is 13.6.